The highest BCUT2D eigenvalue weighted by molar-refractivity contribution is 6.04. The molecule has 2 aromatic rings. The van der Waals surface area contributed by atoms with Crippen LogP contribution in [0.3, 0.4) is 0 Å². The molecule has 0 fully saturated rings. The zero-order chi connectivity index (χ0) is 16.7. The molecule has 2 rings (SSSR count). The fraction of sp³-hybridized carbons (Fsp3) is 0.278. The van der Waals surface area contributed by atoms with E-state index >= 15 is 0 Å². The lowest BCUT2D eigenvalue weighted by Crippen LogP contribution is -2.47. The fourth-order valence-corrected chi connectivity index (χ4v) is 2.00. The van der Waals surface area contributed by atoms with Crippen LogP contribution >= 0.6 is 0 Å². The number of rotatable bonds is 6. The third-order valence-corrected chi connectivity index (χ3v) is 3.59. The van der Waals surface area contributed by atoms with Crippen molar-refractivity contribution >= 4 is 11.8 Å². The molecule has 0 bridgehead atoms. The Morgan fingerprint density at radius 1 is 0.913 bits per heavy atom. The van der Waals surface area contributed by atoms with Crippen LogP contribution in [0.2, 0.25) is 0 Å². The van der Waals surface area contributed by atoms with Crippen LogP contribution in [0.5, 0.6) is 0 Å². The zero-order valence-electron chi connectivity index (χ0n) is 13.4. The van der Waals surface area contributed by atoms with Gasteiger partial charge in [-0.05, 0) is 31.5 Å². The lowest BCUT2D eigenvalue weighted by atomic mass is 9.91. The normalized spacial score (nSPS) is 10.9. The summed E-state index contributed by atoms with van der Waals surface area (Å²) in [4.78, 5) is 28.7. The molecule has 0 saturated heterocycles. The van der Waals surface area contributed by atoms with E-state index in [1.54, 1.807) is 20.0 Å². The van der Waals surface area contributed by atoms with Crippen molar-refractivity contribution in [1.82, 2.24) is 15.6 Å². The van der Waals surface area contributed by atoms with E-state index in [0.29, 0.717) is 13.1 Å². The number of hydrogen-bond donors (Lipinski definition) is 2. The monoisotopic (exact) mass is 311 g/mol. The molecule has 0 unspecified atom stereocenters. The van der Waals surface area contributed by atoms with E-state index in [1.807, 2.05) is 48.5 Å². The van der Waals surface area contributed by atoms with Gasteiger partial charge in [-0.15, -0.1) is 0 Å². The van der Waals surface area contributed by atoms with Gasteiger partial charge in [-0.2, -0.15) is 0 Å². The maximum atomic E-state index is 12.3. The molecule has 0 atom stereocenters. The Morgan fingerprint density at radius 2 is 1.52 bits per heavy atom. The number of amides is 2. The minimum Gasteiger partial charge on any atom is -0.351 e. The molecule has 1 aromatic heterocycles. The van der Waals surface area contributed by atoms with Crippen LogP contribution in [-0.2, 0) is 22.7 Å². The third-order valence-electron chi connectivity index (χ3n) is 3.59. The van der Waals surface area contributed by atoms with Crippen molar-refractivity contribution in [1.29, 1.82) is 0 Å². The van der Waals surface area contributed by atoms with Gasteiger partial charge in [0.2, 0.25) is 11.8 Å². The molecule has 0 radical (unpaired) electrons. The first-order valence-electron chi connectivity index (χ1n) is 7.50. The summed E-state index contributed by atoms with van der Waals surface area (Å²) in [6.07, 6.45) is 1.67. The number of hydrogen-bond acceptors (Lipinski definition) is 3. The van der Waals surface area contributed by atoms with E-state index in [4.69, 9.17) is 0 Å². The second-order valence-electron chi connectivity index (χ2n) is 5.80. The molecule has 5 nitrogen and oxygen atoms in total. The Bertz CT molecular complexity index is 597. The molecule has 2 N–H and O–H groups in total. The highest BCUT2D eigenvalue weighted by Gasteiger charge is 2.35. The molecule has 2 amide bonds. The number of nitrogens with zero attached hydrogens (tertiary/aromatic N) is 1. The molecule has 120 valence electrons. The number of carbonyl (C=O) groups excluding carboxylic acids is 2. The average molecular weight is 311 g/mol. The van der Waals surface area contributed by atoms with Crippen LogP contribution in [0.4, 0.5) is 0 Å². The minimum atomic E-state index is -1.15. The highest BCUT2D eigenvalue weighted by atomic mass is 16.2. The maximum Gasteiger partial charge on any atom is 0.235 e. The molecule has 0 aliphatic carbocycles. The van der Waals surface area contributed by atoms with E-state index in [-0.39, 0.29) is 11.8 Å². The molecule has 5 heteroatoms. The number of aromatic nitrogens is 1. The van der Waals surface area contributed by atoms with Gasteiger partial charge in [-0.25, -0.2) is 0 Å². The van der Waals surface area contributed by atoms with Crippen molar-refractivity contribution in [2.45, 2.75) is 26.9 Å². The standard InChI is InChI=1S/C18H21N3O2/c1-18(2,16(22)20-12-14-8-4-3-5-9-14)17(23)21-13-15-10-6-7-11-19-15/h3-11H,12-13H2,1-2H3,(H,20,22)(H,21,23). The van der Waals surface area contributed by atoms with Crippen molar-refractivity contribution in [3.63, 3.8) is 0 Å². The van der Waals surface area contributed by atoms with E-state index in [9.17, 15) is 9.59 Å². The van der Waals surface area contributed by atoms with Crippen LogP contribution in [0.1, 0.15) is 25.1 Å². The number of nitrogens with one attached hydrogen (secondary N) is 2. The lowest BCUT2D eigenvalue weighted by Gasteiger charge is -2.22. The Balaban J connectivity index is 1.88. The summed E-state index contributed by atoms with van der Waals surface area (Å²) in [5.41, 5.74) is 0.593. The van der Waals surface area contributed by atoms with Crippen molar-refractivity contribution in [2.24, 2.45) is 5.41 Å². The van der Waals surface area contributed by atoms with Gasteiger partial charge in [-0.3, -0.25) is 14.6 Å². The van der Waals surface area contributed by atoms with Crippen molar-refractivity contribution in [2.75, 3.05) is 0 Å². The molecule has 0 spiro atoms. The van der Waals surface area contributed by atoms with Crippen molar-refractivity contribution < 1.29 is 9.59 Å². The Morgan fingerprint density at radius 3 is 2.13 bits per heavy atom. The maximum absolute atomic E-state index is 12.3. The van der Waals surface area contributed by atoms with Crippen LogP contribution in [-0.4, -0.2) is 16.8 Å². The Labute approximate surface area is 136 Å². The fourth-order valence-electron chi connectivity index (χ4n) is 2.00. The zero-order valence-corrected chi connectivity index (χ0v) is 13.4. The van der Waals surface area contributed by atoms with Crippen LogP contribution in [0, 0.1) is 5.41 Å². The molecular formula is C18H21N3O2. The average Bonchev–Trinajstić information content (AvgIpc) is 2.59. The van der Waals surface area contributed by atoms with E-state index < -0.39 is 5.41 Å². The number of pyridine rings is 1. The molecular weight excluding hydrogens is 290 g/mol. The van der Waals surface area contributed by atoms with Gasteiger partial charge >= 0.3 is 0 Å². The largest absolute Gasteiger partial charge is 0.351 e. The Kier molecular flexibility index (Phi) is 5.46. The number of carbonyl (C=O) groups is 2. The first-order valence-corrected chi connectivity index (χ1v) is 7.50. The van der Waals surface area contributed by atoms with Crippen LogP contribution in [0.25, 0.3) is 0 Å². The smallest absolute Gasteiger partial charge is 0.235 e. The lowest BCUT2D eigenvalue weighted by molar-refractivity contribution is -0.141. The molecule has 23 heavy (non-hydrogen) atoms. The SMILES string of the molecule is CC(C)(C(=O)NCc1ccccc1)C(=O)NCc1ccccn1. The molecule has 1 heterocycles. The summed E-state index contributed by atoms with van der Waals surface area (Å²) >= 11 is 0. The van der Waals surface area contributed by atoms with Crippen molar-refractivity contribution in [3.05, 3.63) is 66.0 Å². The summed E-state index contributed by atoms with van der Waals surface area (Å²) in [7, 11) is 0. The van der Waals surface area contributed by atoms with Crippen LogP contribution in [0.15, 0.2) is 54.7 Å². The summed E-state index contributed by atoms with van der Waals surface area (Å²) < 4.78 is 0. The van der Waals surface area contributed by atoms with E-state index in [1.165, 1.54) is 0 Å². The summed E-state index contributed by atoms with van der Waals surface area (Å²) in [6.45, 7) is 3.92. The van der Waals surface area contributed by atoms with Gasteiger partial charge in [0, 0.05) is 12.7 Å². The molecule has 1 aromatic carbocycles. The first-order chi connectivity index (χ1) is 11.0. The summed E-state index contributed by atoms with van der Waals surface area (Å²) in [5, 5.41) is 5.56. The second-order valence-corrected chi connectivity index (χ2v) is 5.80. The van der Waals surface area contributed by atoms with Gasteiger partial charge in [0.1, 0.15) is 5.41 Å². The number of benzene rings is 1. The molecule has 0 aliphatic heterocycles. The van der Waals surface area contributed by atoms with Gasteiger partial charge < -0.3 is 10.6 Å². The topological polar surface area (TPSA) is 71.1 Å². The predicted molar refractivity (Wildman–Crippen MR) is 88.2 cm³/mol. The quantitative estimate of drug-likeness (QED) is 0.802. The summed E-state index contributed by atoms with van der Waals surface area (Å²) in [6, 6.07) is 15.1. The highest BCUT2D eigenvalue weighted by Crippen LogP contribution is 2.16. The minimum absolute atomic E-state index is 0.301. The van der Waals surface area contributed by atoms with E-state index in [2.05, 4.69) is 15.6 Å². The van der Waals surface area contributed by atoms with Crippen LogP contribution < -0.4 is 10.6 Å². The van der Waals surface area contributed by atoms with Gasteiger partial charge in [0.25, 0.3) is 0 Å². The third kappa shape index (κ3) is 4.64. The molecule has 0 aliphatic rings. The van der Waals surface area contributed by atoms with E-state index in [0.717, 1.165) is 11.3 Å². The Hall–Kier alpha value is -2.69. The predicted octanol–water partition coefficient (Wildman–Crippen LogP) is 2.04. The summed E-state index contributed by atoms with van der Waals surface area (Å²) in [5.74, 6) is -0.631. The first kappa shape index (κ1) is 16.7. The van der Waals surface area contributed by atoms with Crippen molar-refractivity contribution in [3.8, 4) is 0 Å². The second kappa shape index (κ2) is 7.54. The van der Waals surface area contributed by atoms with Gasteiger partial charge in [-0.1, -0.05) is 36.4 Å². The molecule has 0 saturated carbocycles. The van der Waals surface area contributed by atoms with Gasteiger partial charge in [0.15, 0.2) is 0 Å². The van der Waals surface area contributed by atoms with Gasteiger partial charge in [0.05, 0.1) is 12.2 Å².